The van der Waals surface area contributed by atoms with Crippen LogP contribution in [0.1, 0.15) is 16.7 Å². The van der Waals surface area contributed by atoms with Crippen molar-refractivity contribution in [3.05, 3.63) is 45.0 Å². The SMILES string of the molecule is Cc1cc([N+](=O)[O-])ccc1N=Nc1c(O)nc(O)c(C#N)c1C. The molecule has 2 rings (SSSR count). The smallest absolute Gasteiger partial charge is 0.269 e. The number of aromatic hydroxyl groups is 2. The maximum Gasteiger partial charge on any atom is 0.269 e. The third-order valence-corrected chi connectivity index (χ3v) is 3.14. The Morgan fingerprint density at radius 1 is 1.26 bits per heavy atom. The zero-order chi connectivity index (χ0) is 17.1. The predicted octanol–water partition coefficient (Wildman–Crippen LogP) is 3.30. The number of nitro benzene ring substituents is 1. The summed E-state index contributed by atoms with van der Waals surface area (Å²) in [5.74, 6) is -1.16. The molecule has 0 unspecified atom stereocenters. The molecule has 1 heterocycles. The lowest BCUT2D eigenvalue weighted by molar-refractivity contribution is -0.384. The molecule has 9 heteroatoms. The Kier molecular flexibility index (Phi) is 4.18. The fraction of sp³-hybridized carbons (Fsp3) is 0.143. The third-order valence-electron chi connectivity index (χ3n) is 3.14. The van der Waals surface area contributed by atoms with Crippen LogP contribution < -0.4 is 0 Å². The lowest BCUT2D eigenvalue weighted by Crippen LogP contribution is -1.89. The molecule has 0 fully saturated rings. The van der Waals surface area contributed by atoms with Gasteiger partial charge in [0, 0.05) is 17.7 Å². The van der Waals surface area contributed by atoms with Gasteiger partial charge in [-0.25, -0.2) is 0 Å². The quantitative estimate of drug-likeness (QED) is 0.505. The fourth-order valence-electron chi connectivity index (χ4n) is 1.89. The Balaban J connectivity index is 2.46. The van der Waals surface area contributed by atoms with Crippen molar-refractivity contribution in [1.82, 2.24) is 4.98 Å². The van der Waals surface area contributed by atoms with E-state index in [0.717, 1.165) is 0 Å². The highest BCUT2D eigenvalue weighted by Gasteiger charge is 2.16. The lowest BCUT2D eigenvalue weighted by Gasteiger charge is -2.05. The topological polar surface area (TPSA) is 145 Å². The molecule has 1 aromatic carbocycles. The van der Waals surface area contributed by atoms with E-state index in [4.69, 9.17) is 5.26 Å². The Labute approximate surface area is 130 Å². The molecular formula is C14H11N5O4. The number of pyridine rings is 1. The molecule has 0 aliphatic rings. The zero-order valence-corrected chi connectivity index (χ0v) is 12.2. The van der Waals surface area contributed by atoms with Crippen LogP contribution in [0.15, 0.2) is 28.4 Å². The highest BCUT2D eigenvalue weighted by atomic mass is 16.6. The molecule has 9 nitrogen and oxygen atoms in total. The molecule has 0 bridgehead atoms. The molecule has 1 aromatic heterocycles. The normalized spacial score (nSPS) is 10.7. The second-order valence-corrected chi connectivity index (χ2v) is 4.65. The molecule has 0 aliphatic heterocycles. The van der Waals surface area contributed by atoms with Gasteiger partial charge in [0.2, 0.25) is 11.8 Å². The van der Waals surface area contributed by atoms with Crippen LogP contribution in [0.3, 0.4) is 0 Å². The van der Waals surface area contributed by atoms with Crippen LogP contribution >= 0.6 is 0 Å². The van der Waals surface area contributed by atoms with Crippen molar-refractivity contribution in [2.45, 2.75) is 13.8 Å². The van der Waals surface area contributed by atoms with Gasteiger partial charge in [0.1, 0.15) is 11.6 Å². The molecule has 0 aliphatic carbocycles. The van der Waals surface area contributed by atoms with Gasteiger partial charge in [-0.05, 0) is 25.5 Å². The van der Waals surface area contributed by atoms with Crippen molar-refractivity contribution in [1.29, 1.82) is 5.26 Å². The molecule has 23 heavy (non-hydrogen) atoms. The van der Waals surface area contributed by atoms with Crippen LogP contribution in [0, 0.1) is 35.3 Å². The summed E-state index contributed by atoms with van der Waals surface area (Å²) in [5, 5.41) is 46.6. The number of hydrogen-bond donors (Lipinski definition) is 2. The van der Waals surface area contributed by atoms with Crippen LogP contribution in [0.4, 0.5) is 17.1 Å². The van der Waals surface area contributed by atoms with E-state index in [1.54, 1.807) is 13.0 Å². The van der Waals surface area contributed by atoms with E-state index in [2.05, 4.69) is 15.2 Å². The number of hydrogen-bond acceptors (Lipinski definition) is 8. The van der Waals surface area contributed by atoms with E-state index in [1.165, 1.54) is 25.1 Å². The summed E-state index contributed by atoms with van der Waals surface area (Å²) in [4.78, 5) is 13.6. The zero-order valence-electron chi connectivity index (χ0n) is 12.2. The molecule has 0 saturated heterocycles. The van der Waals surface area contributed by atoms with E-state index in [9.17, 15) is 20.3 Å². The number of benzene rings is 1. The number of nitriles is 1. The van der Waals surface area contributed by atoms with Gasteiger partial charge < -0.3 is 10.2 Å². The third kappa shape index (κ3) is 3.06. The summed E-state index contributed by atoms with van der Waals surface area (Å²) in [6.07, 6.45) is 0. The van der Waals surface area contributed by atoms with Crippen LogP contribution in [0.5, 0.6) is 11.8 Å². The monoisotopic (exact) mass is 313 g/mol. The molecule has 0 amide bonds. The number of aromatic nitrogens is 1. The Hall–Kier alpha value is -3.54. The average Bonchev–Trinajstić information content (AvgIpc) is 2.48. The second kappa shape index (κ2) is 6.07. The molecule has 116 valence electrons. The van der Waals surface area contributed by atoms with Gasteiger partial charge in [0.25, 0.3) is 5.69 Å². The number of nitro groups is 1. The van der Waals surface area contributed by atoms with Gasteiger partial charge in [-0.2, -0.15) is 15.4 Å². The standard InChI is InChI=1S/C14H11N5O4/c1-7-5-9(19(22)23)3-4-11(7)17-18-12-8(2)10(6-15)13(20)16-14(12)21/h3-5H,1-2H3,(H2,16,20,21). The van der Waals surface area contributed by atoms with Gasteiger partial charge >= 0.3 is 0 Å². The summed E-state index contributed by atoms with van der Waals surface area (Å²) in [6, 6.07) is 5.81. The van der Waals surface area contributed by atoms with Crippen LogP contribution in [-0.2, 0) is 0 Å². The number of azo groups is 1. The first-order chi connectivity index (χ1) is 10.8. The van der Waals surface area contributed by atoms with Crippen molar-refractivity contribution in [2.24, 2.45) is 10.2 Å². The maximum atomic E-state index is 10.7. The van der Waals surface area contributed by atoms with Crippen molar-refractivity contribution in [3.8, 4) is 17.8 Å². The molecule has 0 atom stereocenters. The molecule has 0 radical (unpaired) electrons. The van der Waals surface area contributed by atoms with E-state index >= 15 is 0 Å². The van der Waals surface area contributed by atoms with Gasteiger partial charge in [-0.3, -0.25) is 10.1 Å². The Bertz CT molecular complexity index is 870. The first-order valence-electron chi connectivity index (χ1n) is 6.34. The minimum atomic E-state index is -0.590. The molecular weight excluding hydrogens is 302 g/mol. The summed E-state index contributed by atoms with van der Waals surface area (Å²) in [7, 11) is 0. The highest BCUT2D eigenvalue weighted by Crippen LogP contribution is 2.36. The van der Waals surface area contributed by atoms with Crippen molar-refractivity contribution in [2.75, 3.05) is 0 Å². The van der Waals surface area contributed by atoms with Gasteiger partial charge in [0.15, 0.2) is 5.69 Å². The minimum Gasteiger partial charge on any atom is -0.492 e. The lowest BCUT2D eigenvalue weighted by atomic mass is 10.1. The molecule has 2 N–H and O–H groups in total. The van der Waals surface area contributed by atoms with Crippen LogP contribution in [0.25, 0.3) is 0 Å². The average molecular weight is 313 g/mol. The summed E-state index contributed by atoms with van der Waals surface area (Å²) in [6.45, 7) is 3.11. The summed E-state index contributed by atoms with van der Waals surface area (Å²) in [5.41, 5.74) is 0.863. The molecule has 2 aromatic rings. The maximum absolute atomic E-state index is 10.7. The predicted molar refractivity (Wildman–Crippen MR) is 79.0 cm³/mol. The van der Waals surface area contributed by atoms with Crippen molar-refractivity contribution in [3.63, 3.8) is 0 Å². The second-order valence-electron chi connectivity index (χ2n) is 4.65. The summed E-state index contributed by atoms with van der Waals surface area (Å²) < 4.78 is 0. The molecule has 0 saturated carbocycles. The van der Waals surface area contributed by atoms with Gasteiger partial charge in [-0.15, -0.1) is 5.11 Å². The number of rotatable bonds is 3. The fourth-order valence-corrected chi connectivity index (χ4v) is 1.89. The van der Waals surface area contributed by atoms with E-state index in [-0.39, 0.29) is 22.5 Å². The van der Waals surface area contributed by atoms with Crippen molar-refractivity contribution < 1.29 is 15.1 Å². The highest BCUT2D eigenvalue weighted by molar-refractivity contribution is 5.62. The van der Waals surface area contributed by atoms with Crippen LogP contribution in [-0.4, -0.2) is 20.1 Å². The van der Waals surface area contributed by atoms with Crippen LogP contribution in [0.2, 0.25) is 0 Å². The Morgan fingerprint density at radius 2 is 1.96 bits per heavy atom. The van der Waals surface area contributed by atoms with Gasteiger partial charge in [-0.1, -0.05) is 0 Å². The number of non-ortho nitro benzene ring substituents is 1. The first kappa shape index (κ1) is 15.8. The van der Waals surface area contributed by atoms with E-state index in [0.29, 0.717) is 11.3 Å². The first-order valence-corrected chi connectivity index (χ1v) is 6.34. The number of aryl methyl sites for hydroxylation is 1. The summed E-state index contributed by atoms with van der Waals surface area (Å²) >= 11 is 0. The minimum absolute atomic E-state index is 0.0582. The largest absolute Gasteiger partial charge is 0.492 e. The van der Waals surface area contributed by atoms with E-state index in [1.807, 2.05) is 0 Å². The molecule has 0 spiro atoms. The van der Waals surface area contributed by atoms with Crippen molar-refractivity contribution >= 4 is 17.1 Å². The van der Waals surface area contributed by atoms with E-state index < -0.39 is 16.7 Å². The Morgan fingerprint density at radius 3 is 2.52 bits per heavy atom. The number of nitrogens with zero attached hydrogens (tertiary/aromatic N) is 5. The van der Waals surface area contributed by atoms with Gasteiger partial charge in [0.05, 0.1) is 10.6 Å².